The van der Waals surface area contributed by atoms with Crippen LogP contribution in [0.5, 0.6) is 0 Å². The number of hydrogen-bond acceptors (Lipinski definition) is 1. The molecule has 1 heteroatoms. The smallest absolute Gasteiger partial charge is 0.0360 e. The second-order valence-electron chi connectivity index (χ2n) is 5.38. The van der Waals surface area contributed by atoms with Crippen LogP contribution in [0.15, 0.2) is 78.9 Å². The lowest BCUT2D eigenvalue weighted by Gasteiger charge is -2.20. The molecule has 21 heavy (non-hydrogen) atoms. The SMILES string of the molecule is Cc1ccc(C(c2ccccc2)c2ccccc2N)cc1. The molecule has 3 rings (SSSR count). The van der Waals surface area contributed by atoms with E-state index in [0.717, 1.165) is 11.3 Å². The zero-order chi connectivity index (χ0) is 14.7. The summed E-state index contributed by atoms with van der Waals surface area (Å²) in [6.07, 6.45) is 0. The molecule has 0 aliphatic rings. The van der Waals surface area contributed by atoms with Crippen LogP contribution in [0.3, 0.4) is 0 Å². The van der Waals surface area contributed by atoms with E-state index in [4.69, 9.17) is 5.73 Å². The molecule has 0 aliphatic heterocycles. The first-order chi connectivity index (χ1) is 10.3. The van der Waals surface area contributed by atoms with Crippen molar-refractivity contribution >= 4 is 5.69 Å². The second-order valence-corrected chi connectivity index (χ2v) is 5.38. The molecule has 1 nitrogen and oxygen atoms in total. The lowest BCUT2D eigenvalue weighted by atomic mass is 9.84. The maximum atomic E-state index is 6.23. The summed E-state index contributed by atoms with van der Waals surface area (Å²) in [5.74, 6) is 0.174. The van der Waals surface area contributed by atoms with Gasteiger partial charge in [-0.1, -0.05) is 78.4 Å². The van der Waals surface area contributed by atoms with E-state index in [1.54, 1.807) is 0 Å². The number of aryl methyl sites for hydroxylation is 1. The van der Waals surface area contributed by atoms with Crippen LogP contribution in [0.1, 0.15) is 28.2 Å². The zero-order valence-electron chi connectivity index (χ0n) is 12.2. The fourth-order valence-corrected chi connectivity index (χ4v) is 2.73. The average Bonchev–Trinajstić information content (AvgIpc) is 2.52. The minimum atomic E-state index is 0.174. The maximum absolute atomic E-state index is 6.23. The highest BCUT2D eigenvalue weighted by Crippen LogP contribution is 2.34. The molecule has 3 aromatic carbocycles. The van der Waals surface area contributed by atoms with E-state index in [0.29, 0.717) is 0 Å². The number of para-hydroxylation sites is 1. The van der Waals surface area contributed by atoms with Crippen LogP contribution in [0.25, 0.3) is 0 Å². The van der Waals surface area contributed by atoms with Crippen LogP contribution < -0.4 is 5.73 Å². The summed E-state index contributed by atoms with van der Waals surface area (Å²) in [6, 6.07) is 27.4. The lowest BCUT2D eigenvalue weighted by Crippen LogP contribution is -2.06. The van der Waals surface area contributed by atoms with E-state index in [-0.39, 0.29) is 5.92 Å². The molecule has 104 valence electrons. The van der Waals surface area contributed by atoms with Crippen LogP contribution in [0.4, 0.5) is 5.69 Å². The van der Waals surface area contributed by atoms with E-state index in [1.165, 1.54) is 16.7 Å². The summed E-state index contributed by atoms with van der Waals surface area (Å²) >= 11 is 0. The zero-order valence-corrected chi connectivity index (χ0v) is 12.2. The van der Waals surface area contributed by atoms with Crippen molar-refractivity contribution in [2.45, 2.75) is 12.8 Å². The van der Waals surface area contributed by atoms with Gasteiger partial charge in [-0.3, -0.25) is 0 Å². The molecule has 3 aromatic rings. The molecule has 0 fully saturated rings. The van der Waals surface area contributed by atoms with Crippen LogP contribution in [0.2, 0.25) is 0 Å². The number of rotatable bonds is 3. The fourth-order valence-electron chi connectivity index (χ4n) is 2.73. The van der Waals surface area contributed by atoms with Gasteiger partial charge < -0.3 is 5.73 Å². The molecule has 0 bridgehead atoms. The third kappa shape index (κ3) is 2.82. The third-order valence-electron chi connectivity index (χ3n) is 3.85. The summed E-state index contributed by atoms with van der Waals surface area (Å²) in [5, 5.41) is 0. The van der Waals surface area contributed by atoms with Gasteiger partial charge in [-0.2, -0.15) is 0 Å². The van der Waals surface area contributed by atoms with Crippen molar-refractivity contribution in [3.05, 3.63) is 101 Å². The molecule has 2 N–H and O–H groups in total. The van der Waals surface area contributed by atoms with Gasteiger partial charge >= 0.3 is 0 Å². The first-order valence-corrected chi connectivity index (χ1v) is 7.21. The number of hydrogen-bond donors (Lipinski definition) is 1. The maximum Gasteiger partial charge on any atom is 0.0360 e. The number of benzene rings is 3. The van der Waals surface area contributed by atoms with Gasteiger partial charge in [0, 0.05) is 11.6 Å². The Labute approximate surface area is 126 Å². The topological polar surface area (TPSA) is 26.0 Å². The van der Waals surface area contributed by atoms with Crippen molar-refractivity contribution in [3.8, 4) is 0 Å². The van der Waals surface area contributed by atoms with Crippen molar-refractivity contribution in [3.63, 3.8) is 0 Å². The van der Waals surface area contributed by atoms with Gasteiger partial charge in [-0.15, -0.1) is 0 Å². The Morgan fingerprint density at radius 3 is 1.90 bits per heavy atom. The molecule has 1 atom stereocenters. The van der Waals surface area contributed by atoms with E-state index in [9.17, 15) is 0 Å². The molecule has 0 aromatic heterocycles. The minimum Gasteiger partial charge on any atom is -0.398 e. The van der Waals surface area contributed by atoms with E-state index >= 15 is 0 Å². The normalized spacial score (nSPS) is 12.0. The molecule has 0 saturated heterocycles. The Morgan fingerprint density at radius 1 is 0.667 bits per heavy atom. The van der Waals surface area contributed by atoms with Crippen molar-refractivity contribution in [2.75, 3.05) is 5.73 Å². The Balaban J connectivity index is 2.16. The Hall–Kier alpha value is -2.54. The quantitative estimate of drug-likeness (QED) is 0.540. The lowest BCUT2D eigenvalue weighted by molar-refractivity contribution is 0.979. The third-order valence-corrected chi connectivity index (χ3v) is 3.85. The Bertz CT molecular complexity index is 714. The van der Waals surface area contributed by atoms with Crippen molar-refractivity contribution in [1.82, 2.24) is 0 Å². The number of nitrogen functional groups attached to an aromatic ring is 1. The fraction of sp³-hybridized carbons (Fsp3) is 0.100. The molecule has 0 heterocycles. The standard InChI is InChI=1S/C20H19N/c1-15-11-13-17(14-12-15)20(16-7-3-2-4-8-16)18-9-5-6-10-19(18)21/h2-14,20H,21H2,1H3. The largest absolute Gasteiger partial charge is 0.398 e. The Morgan fingerprint density at radius 2 is 1.24 bits per heavy atom. The predicted molar refractivity (Wildman–Crippen MR) is 89.4 cm³/mol. The van der Waals surface area contributed by atoms with Crippen LogP contribution >= 0.6 is 0 Å². The first-order valence-electron chi connectivity index (χ1n) is 7.21. The van der Waals surface area contributed by atoms with Gasteiger partial charge in [0.05, 0.1) is 0 Å². The molecule has 0 aliphatic carbocycles. The summed E-state index contributed by atoms with van der Waals surface area (Å²) in [4.78, 5) is 0. The molecule has 0 radical (unpaired) electrons. The highest BCUT2D eigenvalue weighted by Gasteiger charge is 2.18. The molecule has 1 unspecified atom stereocenters. The van der Waals surface area contributed by atoms with Crippen molar-refractivity contribution in [1.29, 1.82) is 0 Å². The average molecular weight is 273 g/mol. The van der Waals surface area contributed by atoms with Gasteiger partial charge in [0.2, 0.25) is 0 Å². The van der Waals surface area contributed by atoms with Crippen LogP contribution in [-0.4, -0.2) is 0 Å². The molecule has 0 saturated carbocycles. The highest BCUT2D eigenvalue weighted by atomic mass is 14.6. The molecule has 0 amide bonds. The minimum absolute atomic E-state index is 0.174. The first kappa shape index (κ1) is 13.4. The van der Waals surface area contributed by atoms with Gasteiger partial charge in [0.1, 0.15) is 0 Å². The molecular weight excluding hydrogens is 254 g/mol. The van der Waals surface area contributed by atoms with Crippen LogP contribution in [0, 0.1) is 6.92 Å². The highest BCUT2D eigenvalue weighted by molar-refractivity contribution is 5.55. The van der Waals surface area contributed by atoms with Gasteiger partial charge in [-0.25, -0.2) is 0 Å². The number of anilines is 1. The summed E-state index contributed by atoms with van der Waals surface area (Å²) in [7, 11) is 0. The van der Waals surface area contributed by atoms with Crippen LogP contribution in [-0.2, 0) is 0 Å². The molecule has 0 spiro atoms. The van der Waals surface area contributed by atoms with Crippen molar-refractivity contribution < 1.29 is 0 Å². The van der Waals surface area contributed by atoms with E-state index in [1.807, 2.05) is 18.2 Å². The summed E-state index contributed by atoms with van der Waals surface area (Å²) in [5.41, 5.74) is 12.0. The second kappa shape index (κ2) is 5.84. The van der Waals surface area contributed by atoms with Gasteiger partial charge in [-0.05, 0) is 29.7 Å². The Kier molecular flexibility index (Phi) is 3.74. The monoisotopic (exact) mass is 273 g/mol. The van der Waals surface area contributed by atoms with E-state index < -0.39 is 0 Å². The van der Waals surface area contributed by atoms with Gasteiger partial charge in [0.15, 0.2) is 0 Å². The predicted octanol–water partition coefficient (Wildman–Crippen LogP) is 4.76. The van der Waals surface area contributed by atoms with E-state index in [2.05, 4.69) is 67.6 Å². The summed E-state index contributed by atoms with van der Waals surface area (Å²) < 4.78 is 0. The van der Waals surface area contributed by atoms with Crippen molar-refractivity contribution in [2.24, 2.45) is 0 Å². The number of nitrogens with two attached hydrogens (primary N) is 1. The summed E-state index contributed by atoms with van der Waals surface area (Å²) in [6.45, 7) is 2.11. The molecular formula is C20H19N. The van der Waals surface area contributed by atoms with Gasteiger partial charge in [0.25, 0.3) is 0 Å².